The van der Waals surface area contributed by atoms with Crippen LogP contribution in [0.25, 0.3) is 0 Å². The summed E-state index contributed by atoms with van der Waals surface area (Å²) < 4.78 is 13.1. The first-order valence-corrected chi connectivity index (χ1v) is 9.69. The number of benzene rings is 2. The highest BCUT2D eigenvalue weighted by molar-refractivity contribution is 5.94. The number of amides is 1. The predicted octanol–water partition coefficient (Wildman–Crippen LogP) is 3.94. The van der Waals surface area contributed by atoms with Crippen LogP contribution in [0.15, 0.2) is 48.5 Å². The van der Waals surface area contributed by atoms with Gasteiger partial charge in [0.2, 0.25) is 0 Å². The van der Waals surface area contributed by atoms with Gasteiger partial charge in [0.15, 0.2) is 0 Å². The molecule has 0 aliphatic rings. The highest BCUT2D eigenvalue weighted by atomic mass is 16.5. The largest absolute Gasteiger partial charge is 0.494 e. The molecule has 0 aliphatic carbocycles. The summed E-state index contributed by atoms with van der Waals surface area (Å²) in [5.74, 6) is 1.46. The zero-order valence-electron chi connectivity index (χ0n) is 17.4. The number of nitrogens with one attached hydrogen (secondary N) is 1. The molecule has 0 saturated heterocycles. The zero-order valence-corrected chi connectivity index (χ0v) is 17.4. The van der Waals surface area contributed by atoms with E-state index in [1.54, 1.807) is 6.07 Å². The monoisotopic (exact) mass is 393 g/mol. The fourth-order valence-corrected chi connectivity index (χ4v) is 3.11. The number of hydrogen-bond acceptors (Lipinski definition) is 4. The van der Waals surface area contributed by atoms with Crippen molar-refractivity contribution in [3.05, 3.63) is 76.6 Å². The molecule has 1 N–H and O–H groups in total. The van der Waals surface area contributed by atoms with Crippen LogP contribution in [0.1, 0.15) is 39.8 Å². The highest BCUT2D eigenvalue weighted by Gasteiger charge is 2.12. The Hall–Kier alpha value is -3.28. The van der Waals surface area contributed by atoms with Crippen LogP contribution in [0.3, 0.4) is 0 Å². The summed E-state index contributed by atoms with van der Waals surface area (Å²) in [5, 5.41) is 7.37. The van der Waals surface area contributed by atoms with E-state index < -0.39 is 0 Å². The van der Waals surface area contributed by atoms with Gasteiger partial charge in [-0.25, -0.2) is 0 Å². The Balaban J connectivity index is 1.59. The average Bonchev–Trinajstić information content (AvgIpc) is 2.97. The van der Waals surface area contributed by atoms with Gasteiger partial charge in [-0.2, -0.15) is 5.10 Å². The Morgan fingerprint density at radius 2 is 1.76 bits per heavy atom. The molecule has 0 saturated carbocycles. The lowest BCUT2D eigenvalue weighted by atomic mass is 10.1. The van der Waals surface area contributed by atoms with Crippen LogP contribution < -0.4 is 14.8 Å². The number of carbonyl (C=O) groups is 1. The number of nitrogens with zero attached hydrogens (tertiary/aromatic N) is 2. The molecule has 0 unspecified atom stereocenters. The van der Waals surface area contributed by atoms with Crippen molar-refractivity contribution in [2.45, 2.75) is 33.9 Å². The third-order valence-electron chi connectivity index (χ3n) is 4.81. The van der Waals surface area contributed by atoms with E-state index in [2.05, 4.69) is 10.4 Å². The van der Waals surface area contributed by atoms with Crippen LogP contribution >= 0.6 is 0 Å². The first kappa shape index (κ1) is 20.5. The molecule has 0 aliphatic heterocycles. The molecule has 6 heteroatoms. The second-order valence-corrected chi connectivity index (χ2v) is 6.85. The fourth-order valence-electron chi connectivity index (χ4n) is 3.11. The molecule has 3 rings (SSSR count). The maximum absolute atomic E-state index is 12.6. The number of aryl methyl sites for hydroxylation is 2. The molecule has 3 aromatic rings. The van der Waals surface area contributed by atoms with Gasteiger partial charge in [-0.3, -0.25) is 9.48 Å². The van der Waals surface area contributed by atoms with Gasteiger partial charge >= 0.3 is 0 Å². The molecule has 152 valence electrons. The number of ether oxygens (including phenoxy) is 2. The molecule has 1 aromatic heterocycles. The summed E-state index contributed by atoms with van der Waals surface area (Å²) in [4.78, 5) is 12.6. The average molecular weight is 393 g/mol. The maximum Gasteiger partial charge on any atom is 0.251 e. The van der Waals surface area contributed by atoms with Gasteiger partial charge in [-0.1, -0.05) is 12.1 Å². The molecular formula is C23H27N3O3. The summed E-state index contributed by atoms with van der Waals surface area (Å²) >= 11 is 0. The number of hydrogen-bond donors (Lipinski definition) is 1. The quantitative estimate of drug-likeness (QED) is 0.629. The molecule has 0 radical (unpaired) electrons. The molecular weight excluding hydrogens is 366 g/mol. The SMILES string of the molecule is CCOc1ccc(OCc2cccc(C(=O)NCc3c(C)nn(C)c3C)c2)cc1. The number of aromatic nitrogens is 2. The van der Waals surface area contributed by atoms with Gasteiger partial charge in [0, 0.05) is 30.4 Å². The summed E-state index contributed by atoms with van der Waals surface area (Å²) in [7, 11) is 1.90. The van der Waals surface area contributed by atoms with Crippen molar-refractivity contribution in [2.75, 3.05) is 6.61 Å². The molecule has 0 spiro atoms. The van der Waals surface area contributed by atoms with E-state index >= 15 is 0 Å². The van der Waals surface area contributed by atoms with Crippen LogP contribution in [0.5, 0.6) is 11.5 Å². The zero-order chi connectivity index (χ0) is 20.8. The molecule has 0 bridgehead atoms. The van der Waals surface area contributed by atoms with Gasteiger partial charge < -0.3 is 14.8 Å². The van der Waals surface area contributed by atoms with Crippen LogP contribution in [0.2, 0.25) is 0 Å². The van der Waals surface area contributed by atoms with Gasteiger partial charge in [-0.15, -0.1) is 0 Å². The van der Waals surface area contributed by atoms with E-state index in [4.69, 9.17) is 9.47 Å². The smallest absolute Gasteiger partial charge is 0.251 e. The maximum atomic E-state index is 12.6. The predicted molar refractivity (Wildman–Crippen MR) is 112 cm³/mol. The normalized spacial score (nSPS) is 10.6. The second-order valence-electron chi connectivity index (χ2n) is 6.85. The molecule has 29 heavy (non-hydrogen) atoms. The van der Waals surface area contributed by atoms with E-state index in [-0.39, 0.29) is 5.91 Å². The van der Waals surface area contributed by atoms with Crippen molar-refractivity contribution >= 4 is 5.91 Å². The summed E-state index contributed by atoms with van der Waals surface area (Å²) in [5.41, 5.74) is 4.58. The molecule has 1 heterocycles. The second kappa shape index (κ2) is 9.28. The lowest BCUT2D eigenvalue weighted by molar-refractivity contribution is 0.0950. The van der Waals surface area contributed by atoms with E-state index in [0.717, 1.165) is 34.0 Å². The number of rotatable bonds is 8. The molecule has 2 aromatic carbocycles. The molecule has 6 nitrogen and oxygen atoms in total. The first-order valence-electron chi connectivity index (χ1n) is 9.69. The van der Waals surface area contributed by atoms with Crippen LogP contribution in [-0.2, 0) is 20.2 Å². The van der Waals surface area contributed by atoms with Crippen molar-refractivity contribution in [3.8, 4) is 11.5 Å². The van der Waals surface area contributed by atoms with E-state index in [1.165, 1.54) is 0 Å². The minimum Gasteiger partial charge on any atom is -0.494 e. The van der Waals surface area contributed by atoms with Gasteiger partial charge in [0.1, 0.15) is 18.1 Å². The van der Waals surface area contributed by atoms with Crippen LogP contribution in [0, 0.1) is 13.8 Å². The summed E-state index contributed by atoms with van der Waals surface area (Å²) in [6.45, 7) is 7.38. The van der Waals surface area contributed by atoms with Crippen molar-refractivity contribution < 1.29 is 14.3 Å². The molecule has 0 atom stereocenters. The Morgan fingerprint density at radius 3 is 2.38 bits per heavy atom. The van der Waals surface area contributed by atoms with E-state index in [0.29, 0.717) is 25.3 Å². The van der Waals surface area contributed by atoms with Gasteiger partial charge in [0.25, 0.3) is 5.91 Å². The minimum absolute atomic E-state index is 0.115. The van der Waals surface area contributed by atoms with E-state index in [1.807, 2.05) is 75.0 Å². The van der Waals surface area contributed by atoms with Crippen molar-refractivity contribution in [2.24, 2.45) is 7.05 Å². The third-order valence-corrected chi connectivity index (χ3v) is 4.81. The van der Waals surface area contributed by atoms with Gasteiger partial charge in [-0.05, 0) is 62.7 Å². The fraction of sp³-hybridized carbons (Fsp3) is 0.304. The highest BCUT2D eigenvalue weighted by Crippen LogP contribution is 2.19. The Kier molecular flexibility index (Phi) is 6.54. The molecule has 1 amide bonds. The van der Waals surface area contributed by atoms with Crippen molar-refractivity contribution in [1.82, 2.24) is 15.1 Å². The van der Waals surface area contributed by atoms with E-state index in [9.17, 15) is 4.79 Å². The topological polar surface area (TPSA) is 65.4 Å². The summed E-state index contributed by atoms with van der Waals surface area (Å²) in [6, 6.07) is 15.0. The Morgan fingerprint density at radius 1 is 1.07 bits per heavy atom. The lowest BCUT2D eigenvalue weighted by Gasteiger charge is -2.10. The van der Waals surface area contributed by atoms with Crippen LogP contribution in [0.4, 0.5) is 0 Å². The standard InChI is InChI=1S/C23H27N3O3/c1-5-28-20-9-11-21(12-10-20)29-15-18-7-6-8-19(13-18)23(27)24-14-22-16(2)25-26(4)17(22)3/h6-13H,5,14-15H2,1-4H3,(H,24,27). The lowest BCUT2D eigenvalue weighted by Crippen LogP contribution is -2.23. The first-order chi connectivity index (χ1) is 14.0. The van der Waals surface area contributed by atoms with Crippen LogP contribution in [-0.4, -0.2) is 22.3 Å². The summed E-state index contributed by atoms with van der Waals surface area (Å²) in [6.07, 6.45) is 0. The van der Waals surface area contributed by atoms with Gasteiger partial charge in [0.05, 0.1) is 12.3 Å². The van der Waals surface area contributed by atoms with Crippen molar-refractivity contribution in [1.29, 1.82) is 0 Å². The Bertz CT molecular complexity index is 978. The minimum atomic E-state index is -0.115. The Labute approximate surface area is 171 Å². The third kappa shape index (κ3) is 5.16. The molecule has 0 fully saturated rings. The number of carbonyl (C=O) groups excluding carboxylic acids is 1. The van der Waals surface area contributed by atoms with Crippen molar-refractivity contribution in [3.63, 3.8) is 0 Å².